The summed E-state index contributed by atoms with van der Waals surface area (Å²) in [5.41, 5.74) is 2.27. The number of ether oxygens (including phenoxy) is 1. The zero-order chi connectivity index (χ0) is 27.7. The van der Waals surface area contributed by atoms with Crippen molar-refractivity contribution in [1.29, 1.82) is 5.26 Å². The molecule has 9 nitrogen and oxygen atoms in total. The molecular weight excluding hydrogens is 514 g/mol. The van der Waals surface area contributed by atoms with Gasteiger partial charge in [-0.15, -0.1) is 0 Å². The lowest BCUT2D eigenvalue weighted by Gasteiger charge is -2.20. The summed E-state index contributed by atoms with van der Waals surface area (Å²) in [6, 6.07) is 18.1. The predicted octanol–water partition coefficient (Wildman–Crippen LogP) is 4.16. The van der Waals surface area contributed by atoms with Gasteiger partial charge in [-0.25, -0.2) is 13.1 Å². The van der Waals surface area contributed by atoms with Crippen molar-refractivity contribution in [3.05, 3.63) is 71.9 Å². The number of nitrogens with zero attached hydrogens (tertiary/aromatic N) is 4. The Bertz CT molecular complexity index is 1450. The van der Waals surface area contributed by atoms with Crippen molar-refractivity contribution in [2.75, 3.05) is 33.4 Å². The summed E-state index contributed by atoms with van der Waals surface area (Å²) in [6.07, 6.45) is 7.59. The van der Waals surface area contributed by atoms with Crippen molar-refractivity contribution in [3.8, 4) is 23.0 Å². The Hall–Kier alpha value is -3.78. The highest BCUT2D eigenvalue weighted by molar-refractivity contribution is 7.89. The fourth-order valence-corrected chi connectivity index (χ4v) is 6.05. The van der Waals surface area contributed by atoms with Crippen molar-refractivity contribution in [2.45, 2.75) is 37.0 Å². The smallest absolute Gasteiger partial charge is 0.261 e. The van der Waals surface area contributed by atoms with Gasteiger partial charge in [-0.3, -0.25) is 4.79 Å². The van der Waals surface area contributed by atoms with Gasteiger partial charge in [0, 0.05) is 50.7 Å². The van der Waals surface area contributed by atoms with E-state index in [1.165, 1.54) is 6.08 Å². The Morgan fingerprint density at radius 2 is 1.85 bits per heavy atom. The molecule has 3 aromatic rings. The number of aromatic nitrogens is 2. The molecule has 1 N–H and O–H groups in total. The van der Waals surface area contributed by atoms with E-state index in [4.69, 9.17) is 9.84 Å². The molecule has 4 rings (SSSR count). The van der Waals surface area contributed by atoms with E-state index in [0.29, 0.717) is 49.5 Å². The molecule has 0 aliphatic carbocycles. The van der Waals surface area contributed by atoms with Crippen LogP contribution in [0.3, 0.4) is 0 Å². The molecule has 0 saturated carbocycles. The van der Waals surface area contributed by atoms with E-state index in [9.17, 15) is 18.5 Å². The second-order valence-electron chi connectivity index (χ2n) is 9.33. The van der Waals surface area contributed by atoms with Crippen LogP contribution in [0, 0.1) is 11.3 Å². The zero-order valence-corrected chi connectivity index (χ0v) is 22.9. The lowest BCUT2D eigenvalue weighted by Crippen LogP contribution is -2.31. The molecule has 2 heterocycles. The third kappa shape index (κ3) is 7.00. The molecule has 1 aliphatic rings. The number of para-hydroxylation sites is 1. The van der Waals surface area contributed by atoms with Crippen LogP contribution in [-0.2, 0) is 19.6 Å². The molecule has 2 aromatic carbocycles. The maximum Gasteiger partial charge on any atom is 0.261 e. The average molecular weight is 548 g/mol. The molecule has 1 aliphatic heterocycles. The molecule has 0 unspecified atom stereocenters. The number of hydrogen-bond donors (Lipinski definition) is 1. The average Bonchev–Trinajstić information content (AvgIpc) is 3.18. The number of carbonyl (C=O) groups is 1. The molecule has 0 atom stereocenters. The van der Waals surface area contributed by atoms with Gasteiger partial charge < -0.3 is 10.1 Å². The standard InChI is InChI=1S/C29H33N5O4S/c1-38-18-10-15-31-29(35)24(21-30)19-25-22-34(26-12-5-4-6-13-26)32-28(25)23-11-9-14-27(20-23)39(36,37)33-16-7-2-3-8-17-33/h4-6,9,11-14,19-20,22H,2-3,7-8,10,15-18H2,1H3,(H,31,35)/b24-19+. The van der Waals surface area contributed by atoms with Crippen LogP contribution in [0.5, 0.6) is 0 Å². The number of sulfonamides is 1. The molecule has 1 amide bonds. The fourth-order valence-electron chi connectivity index (χ4n) is 4.48. The van der Waals surface area contributed by atoms with Crippen molar-refractivity contribution in [3.63, 3.8) is 0 Å². The second-order valence-corrected chi connectivity index (χ2v) is 11.3. The largest absolute Gasteiger partial charge is 0.385 e. The van der Waals surface area contributed by atoms with Crippen LogP contribution in [0.2, 0.25) is 0 Å². The van der Waals surface area contributed by atoms with Crippen molar-refractivity contribution < 1.29 is 17.9 Å². The molecular formula is C29H33N5O4S. The Kier molecular flexibility index (Phi) is 9.65. The van der Waals surface area contributed by atoms with Gasteiger partial charge in [0.05, 0.1) is 10.6 Å². The molecule has 204 valence electrons. The highest BCUT2D eigenvalue weighted by Gasteiger charge is 2.26. The van der Waals surface area contributed by atoms with Crippen molar-refractivity contribution >= 4 is 22.0 Å². The number of amides is 1. The maximum absolute atomic E-state index is 13.5. The van der Waals surface area contributed by atoms with Gasteiger partial charge in [-0.2, -0.15) is 14.7 Å². The first kappa shape index (κ1) is 28.2. The molecule has 1 fully saturated rings. The number of benzene rings is 2. The number of methoxy groups -OCH3 is 1. The van der Waals surface area contributed by atoms with E-state index in [0.717, 1.165) is 31.4 Å². The quantitative estimate of drug-likeness (QED) is 0.231. The summed E-state index contributed by atoms with van der Waals surface area (Å²) in [4.78, 5) is 12.9. The summed E-state index contributed by atoms with van der Waals surface area (Å²) in [7, 11) is -2.09. The second kappa shape index (κ2) is 13.3. The number of rotatable bonds is 10. The van der Waals surface area contributed by atoms with Crippen LogP contribution < -0.4 is 5.32 Å². The Morgan fingerprint density at radius 1 is 1.10 bits per heavy atom. The SMILES string of the molecule is COCCCNC(=O)/C(C#N)=C/c1cn(-c2ccccc2)nc1-c1cccc(S(=O)(=O)N2CCCCCC2)c1. The van der Waals surface area contributed by atoms with E-state index in [2.05, 4.69) is 5.32 Å². The number of nitrogens with one attached hydrogen (secondary N) is 1. The van der Waals surface area contributed by atoms with E-state index >= 15 is 0 Å². The Morgan fingerprint density at radius 3 is 2.54 bits per heavy atom. The number of carbonyl (C=O) groups excluding carboxylic acids is 1. The maximum atomic E-state index is 13.5. The number of hydrogen-bond acceptors (Lipinski definition) is 6. The van der Waals surface area contributed by atoms with E-state index in [1.807, 2.05) is 36.4 Å². The van der Waals surface area contributed by atoms with Gasteiger partial charge in [-0.1, -0.05) is 43.2 Å². The van der Waals surface area contributed by atoms with Gasteiger partial charge in [0.1, 0.15) is 17.3 Å². The van der Waals surface area contributed by atoms with Crippen LogP contribution in [0.4, 0.5) is 0 Å². The molecule has 1 aromatic heterocycles. The van der Waals surface area contributed by atoms with E-state index < -0.39 is 15.9 Å². The van der Waals surface area contributed by atoms with Crippen LogP contribution in [0.25, 0.3) is 23.0 Å². The first-order chi connectivity index (χ1) is 18.9. The third-order valence-corrected chi connectivity index (χ3v) is 8.44. The third-order valence-electron chi connectivity index (χ3n) is 6.55. The Balaban J connectivity index is 1.73. The van der Waals surface area contributed by atoms with Crippen LogP contribution in [0.1, 0.15) is 37.7 Å². The van der Waals surface area contributed by atoms with Gasteiger partial charge in [0.15, 0.2) is 0 Å². The topological polar surface area (TPSA) is 117 Å². The van der Waals surface area contributed by atoms with Crippen LogP contribution >= 0.6 is 0 Å². The fraction of sp³-hybridized carbons (Fsp3) is 0.345. The molecule has 1 saturated heterocycles. The van der Waals surface area contributed by atoms with Crippen LogP contribution in [0.15, 0.2) is 71.3 Å². The molecule has 0 radical (unpaired) electrons. The number of nitriles is 1. The summed E-state index contributed by atoms with van der Waals surface area (Å²) in [5.74, 6) is -0.496. The zero-order valence-electron chi connectivity index (χ0n) is 22.0. The minimum Gasteiger partial charge on any atom is -0.385 e. The molecule has 10 heteroatoms. The van der Waals surface area contributed by atoms with Gasteiger partial charge in [0.25, 0.3) is 5.91 Å². The highest BCUT2D eigenvalue weighted by atomic mass is 32.2. The van der Waals surface area contributed by atoms with E-state index in [1.54, 1.807) is 46.6 Å². The van der Waals surface area contributed by atoms with Crippen LogP contribution in [-0.4, -0.2) is 61.8 Å². The van der Waals surface area contributed by atoms with Crippen molar-refractivity contribution in [1.82, 2.24) is 19.4 Å². The van der Waals surface area contributed by atoms with Crippen molar-refractivity contribution in [2.24, 2.45) is 0 Å². The first-order valence-corrected chi connectivity index (χ1v) is 14.5. The van der Waals surface area contributed by atoms with Gasteiger partial charge in [0.2, 0.25) is 10.0 Å². The van der Waals surface area contributed by atoms with Gasteiger partial charge >= 0.3 is 0 Å². The minimum atomic E-state index is -3.67. The molecule has 0 bridgehead atoms. The predicted molar refractivity (Wildman–Crippen MR) is 149 cm³/mol. The first-order valence-electron chi connectivity index (χ1n) is 13.1. The summed E-state index contributed by atoms with van der Waals surface area (Å²) < 4.78 is 35.2. The monoisotopic (exact) mass is 547 g/mol. The van der Waals surface area contributed by atoms with Gasteiger partial charge in [-0.05, 0) is 49.6 Å². The van der Waals surface area contributed by atoms with E-state index in [-0.39, 0.29) is 10.5 Å². The molecule has 39 heavy (non-hydrogen) atoms. The summed E-state index contributed by atoms with van der Waals surface area (Å²) in [6.45, 7) is 1.89. The summed E-state index contributed by atoms with van der Waals surface area (Å²) >= 11 is 0. The lowest BCUT2D eigenvalue weighted by molar-refractivity contribution is -0.117. The highest BCUT2D eigenvalue weighted by Crippen LogP contribution is 2.29. The minimum absolute atomic E-state index is 0.0744. The summed E-state index contributed by atoms with van der Waals surface area (Å²) in [5, 5.41) is 17.2. The lowest BCUT2D eigenvalue weighted by atomic mass is 10.1. The molecule has 0 spiro atoms. The Labute approximate surface area is 229 Å². The normalized spacial score (nSPS) is 14.9.